The molecule has 104 valence electrons. The fourth-order valence-electron chi connectivity index (χ4n) is 2.27. The van der Waals surface area contributed by atoms with Gasteiger partial charge in [0.2, 0.25) is 0 Å². The zero-order valence-corrected chi connectivity index (χ0v) is 11.6. The molecule has 6 nitrogen and oxygen atoms in total. The monoisotopic (exact) mass is 264 g/mol. The summed E-state index contributed by atoms with van der Waals surface area (Å²) >= 11 is 0. The number of carbonyl (C=O) groups excluding carboxylic acids is 1. The quantitative estimate of drug-likeness (QED) is 0.884. The number of aromatic nitrogens is 2. The molecule has 1 aliphatic rings. The summed E-state index contributed by atoms with van der Waals surface area (Å²) in [5, 5.41) is 3.05. The standard InChI is InChI=1S/C13H20N4O2/c1-4-14-12-8-15-10(7-16-12)13(18)17(3)11-5-6-19-9(11)2/h7-9,11H,4-6H2,1-3H3,(H,14,16). The Hall–Kier alpha value is -1.69. The minimum atomic E-state index is -0.113. The zero-order chi connectivity index (χ0) is 13.8. The molecule has 1 N–H and O–H groups in total. The number of amides is 1. The van der Waals surface area contributed by atoms with Gasteiger partial charge < -0.3 is 15.0 Å². The highest BCUT2D eigenvalue weighted by atomic mass is 16.5. The lowest BCUT2D eigenvalue weighted by molar-refractivity contribution is 0.0569. The average Bonchev–Trinajstić information content (AvgIpc) is 2.84. The molecule has 1 aromatic rings. The van der Waals surface area contributed by atoms with Crippen LogP contribution >= 0.6 is 0 Å². The Morgan fingerprint density at radius 3 is 2.84 bits per heavy atom. The van der Waals surface area contributed by atoms with Crippen molar-refractivity contribution in [1.82, 2.24) is 14.9 Å². The second-order valence-electron chi connectivity index (χ2n) is 4.67. The lowest BCUT2D eigenvalue weighted by Gasteiger charge is -2.26. The van der Waals surface area contributed by atoms with Crippen molar-refractivity contribution in [2.75, 3.05) is 25.5 Å². The first kappa shape index (κ1) is 13.7. The van der Waals surface area contributed by atoms with Crippen molar-refractivity contribution in [1.29, 1.82) is 0 Å². The summed E-state index contributed by atoms with van der Waals surface area (Å²) in [7, 11) is 1.79. The molecular formula is C13H20N4O2. The van der Waals surface area contributed by atoms with Gasteiger partial charge in [-0.2, -0.15) is 0 Å². The van der Waals surface area contributed by atoms with Crippen molar-refractivity contribution in [3.8, 4) is 0 Å². The van der Waals surface area contributed by atoms with Crippen LogP contribution in [0.2, 0.25) is 0 Å². The Labute approximate surface area is 113 Å². The lowest BCUT2D eigenvalue weighted by atomic mass is 10.1. The fourth-order valence-corrected chi connectivity index (χ4v) is 2.27. The first-order valence-corrected chi connectivity index (χ1v) is 6.58. The summed E-state index contributed by atoms with van der Waals surface area (Å²) in [4.78, 5) is 22.3. The molecule has 0 spiro atoms. The number of carbonyl (C=O) groups is 1. The molecule has 1 aromatic heterocycles. The fraction of sp³-hybridized carbons (Fsp3) is 0.615. The minimum Gasteiger partial charge on any atom is -0.376 e. The van der Waals surface area contributed by atoms with Crippen molar-refractivity contribution in [3.63, 3.8) is 0 Å². The molecule has 2 atom stereocenters. The highest BCUT2D eigenvalue weighted by Crippen LogP contribution is 2.19. The lowest BCUT2D eigenvalue weighted by Crippen LogP contribution is -2.41. The Bertz CT molecular complexity index is 435. The molecule has 0 aromatic carbocycles. The van der Waals surface area contributed by atoms with Crippen LogP contribution < -0.4 is 5.32 Å². The maximum atomic E-state index is 12.3. The van der Waals surface area contributed by atoms with Crippen LogP contribution in [0.25, 0.3) is 0 Å². The van der Waals surface area contributed by atoms with Gasteiger partial charge in [0, 0.05) is 20.2 Å². The van der Waals surface area contributed by atoms with Gasteiger partial charge in [-0.1, -0.05) is 0 Å². The Morgan fingerprint density at radius 2 is 2.32 bits per heavy atom. The molecule has 1 saturated heterocycles. The van der Waals surface area contributed by atoms with Gasteiger partial charge in [-0.15, -0.1) is 0 Å². The van der Waals surface area contributed by atoms with Crippen LogP contribution in [0.4, 0.5) is 5.82 Å². The van der Waals surface area contributed by atoms with Crippen LogP contribution in [-0.2, 0) is 4.74 Å². The first-order valence-electron chi connectivity index (χ1n) is 6.58. The maximum Gasteiger partial charge on any atom is 0.274 e. The summed E-state index contributed by atoms with van der Waals surface area (Å²) in [5.74, 6) is 0.567. The molecule has 2 unspecified atom stereocenters. The van der Waals surface area contributed by atoms with Crippen LogP contribution in [0, 0.1) is 0 Å². The summed E-state index contributed by atoms with van der Waals surface area (Å²) in [6.45, 7) is 5.45. The van der Waals surface area contributed by atoms with Crippen LogP contribution in [-0.4, -0.2) is 53.1 Å². The van der Waals surface area contributed by atoms with E-state index < -0.39 is 0 Å². The van der Waals surface area contributed by atoms with E-state index in [-0.39, 0.29) is 18.1 Å². The van der Waals surface area contributed by atoms with E-state index in [1.807, 2.05) is 13.8 Å². The molecule has 1 fully saturated rings. The van der Waals surface area contributed by atoms with E-state index >= 15 is 0 Å². The smallest absolute Gasteiger partial charge is 0.274 e. The number of rotatable bonds is 4. The molecule has 2 heterocycles. The molecule has 0 aliphatic carbocycles. The summed E-state index contributed by atoms with van der Waals surface area (Å²) in [6.07, 6.45) is 4.03. The van der Waals surface area contributed by atoms with Crippen molar-refractivity contribution >= 4 is 11.7 Å². The Kier molecular flexibility index (Phi) is 4.31. The van der Waals surface area contributed by atoms with Crippen molar-refractivity contribution in [2.24, 2.45) is 0 Å². The van der Waals surface area contributed by atoms with E-state index in [2.05, 4.69) is 15.3 Å². The molecule has 1 aliphatic heterocycles. The highest BCUT2D eigenvalue weighted by Gasteiger charge is 2.31. The van der Waals surface area contributed by atoms with E-state index in [0.717, 1.165) is 13.0 Å². The van der Waals surface area contributed by atoms with Crippen LogP contribution in [0.15, 0.2) is 12.4 Å². The van der Waals surface area contributed by atoms with Gasteiger partial charge in [0.15, 0.2) is 0 Å². The number of ether oxygens (including phenoxy) is 1. The SMILES string of the molecule is CCNc1cnc(C(=O)N(C)C2CCOC2C)cn1. The third-order valence-electron chi connectivity index (χ3n) is 3.38. The number of anilines is 1. The summed E-state index contributed by atoms with van der Waals surface area (Å²) in [5.41, 5.74) is 0.364. The summed E-state index contributed by atoms with van der Waals surface area (Å²) in [6, 6.07) is 0.114. The van der Waals surface area contributed by atoms with E-state index in [1.165, 1.54) is 6.20 Å². The molecular weight excluding hydrogens is 244 g/mol. The van der Waals surface area contributed by atoms with Gasteiger partial charge in [-0.25, -0.2) is 9.97 Å². The number of hydrogen-bond acceptors (Lipinski definition) is 5. The predicted molar refractivity (Wildman–Crippen MR) is 72.1 cm³/mol. The van der Waals surface area contributed by atoms with E-state index in [9.17, 15) is 4.79 Å². The molecule has 0 radical (unpaired) electrons. The largest absolute Gasteiger partial charge is 0.376 e. The van der Waals surface area contributed by atoms with Gasteiger partial charge >= 0.3 is 0 Å². The van der Waals surface area contributed by atoms with E-state index in [0.29, 0.717) is 18.1 Å². The van der Waals surface area contributed by atoms with Crippen LogP contribution in [0.3, 0.4) is 0 Å². The topological polar surface area (TPSA) is 67.4 Å². The zero-order valence-electron chi connectivity index (χ0n) is 11.6. The second-order valence-corrected chi connectivity index (χ2v) is 4.67. The molecule has 0 saturated carbocycles. The van der Waals surface area contributed by atoms with E-state index in [1.54, 1.807) is 18.1 Å². The third-order valence-corrected chi connectivity index (χ3v) is 3.38. The predicted octanol–water partition coefficient (Wildman–Crippen LogP) is 1.16. The summed E-state index contributed by atoms with van der Waals surface area (Å²) < 4.78 is 5.48. The second kappa shape index (κ2) is 5.97. The van der Waals surface area contributed by atoms with E-state index in [4.69, 9.17) is 4.74 Å². The average molecular weight is 264 g/mol. The Morgan fingerprint density at radius 1 is 1.53 bits per heavy atom. The molecule has 2 rings (SSSR count). The van der Waals surface area contributed by atoms with Crippen molar-refractivity contribution in [2.45, 2.75) is 32.4 Å². The third kappa shape index (κ3) is 3.01. The normalized spacial score (nSPS) is 22.3. The van der Waals surface area contributed by atoms with Gasteiger partial charge in [0.25, 0.3) is 5.91 Å². The number of nitrogens with zero attached hydrogens (tertiary/aromatic N) is 3. The molecule has 1 amide bonds. The molecule has 19 heavy (non-hydrogen) atoms. The number of likely N-dealkylation sites (N-methyl/N-ethyl adjacent to an activating group) is 1. The maximum absolute atomic E-state index is 12.3. The van der Waals surface area contributed by atoms with Gasteiger partial charge in [0.1, 0.15) is 11.5 Å². The number of nitrogens with one attached hydrogen (secondary N) is 1. The molecule has 6 heteroatoms. The number of hydrogen-bond donors (Lipinski definition) is 1. The Balaban J connectivity index is 2.06. The van der Waals surface area contributed by atoms with Crippen LogP contribution in [0.5, 0.6) is 0 Å². The molecule has 0 bridgehead atoms. The van der Waals surface area contributed by atoms with Gasteiger partial charge in [0.05, 0.1) is 24.5 Å². The minimum absolute atomic E-state index is 0.0722. The van der Waals surface area contributed by atoms with Crippen LogP contribution in [0.1, 0.15) is 30.8 Å². The highest BCUT2D eigenvalue weighted by molar-refractivity contribution is 5.92. The van der Waals surface area contributed by atoms with Gasteiger partial charge in [-0.05, 0) is 20.3 Å². The van der Waals surface area contributed by atoms with Crippen molar-refractivity contribution in [3.05, 3.63) is 18.1 Å². The first-order chi connectivity index (χ1) is 9.13. The van der Waals surface area contributed by atoms with Gasteiger partial charge in [-0.3, -0.25) is 4.79 Å². The van der Waals surface area contributed by atoms with Crippen molar-refractivity contribution < 1.29 is 9.53 Å².